The summed E-state index contributed by atoms with van der Waals surface area (Å²) >= 11 is 0. The molecule has 0 aromatic carbocycles. The van der Waals surface area contributed by atoms with Crippen LogP contribution < -0.4 is 16.0 Å². The molecule has 0 radical (unpaired) electrons. The fourth-order valence-corrected chi connectivity index (χ4v) is 2.93. The minimum Gasteiger partial charge on any atom is -0.380 e. The number of nitrogens with one attached hydrogen (secondary N) is 1. The van der Waals surface area contributed by atoms with Crippen molar-refractivity contribution in [1.82, 2.24) is 20.3 Å². The van der Waals surface area contributed by atoms with E-state index in [0.717, 1.165) is 0 Å². The molecule has 1 aromatic heterocycles. The maximum atomic E-state index is 14.4. The van der Waals surface area contributed by atoms with Gasteiger partial charge in [-0.15, -0.1) is 0 Å². The molecule has 2 fully saturated rings. The zero-order chi connectivity index (χ0) is 18.2. The molecule has 1 atom stereocenters. The Hall–Kier alpha value is -2.10. The number of nitrogens with zero attached hydrogens (tertiary/aromatic N) is 4. The number of amides is 1. The predicted octanol–water partition coefficient (Wildman–Crippen LogP) is 0.255. The predicted molar refractivity (Wildman–Crippen MR) is 86.1 cm³/mol. The van der Waals surface area contributed by atoms with E-state index in [9.17, 15) is 18.7 Å². The topological polar surface area (TPSA) is 117 Å². The highest BCUT2D eigenvalue weighted by Gasteiger charge is 2.49. The summed E-state index contributed by atoms with van der Waals surface area (Å²) in [6.07, 6.45) is 0.556. The second-order valence-corrected chi connectivity index (χ2v) is 6.77. The maximum Gasteiger partial charge on any atom is 0.254 e. The SMILES string of the molecule is Cc1nc(N)nc(N2CCC(CNC(=O)C3(O)CC3)C(F)(F)CC2)n1. The Labute approximate surface area is 143 Å². The summed E-state index contributed by atoms with van der Waals surface area (Å²) in [4.78, 5) is 25.5. The fraction of sp³-hybridized carbons (Fsp3) is 0.733. The summed E-state index contributed by atoms with van der Waals surface area (Å²) in [5.41, 5.74) is 4.25. The van der Waals surface area contributed by atoms with Crippen molar-refractivity contribution in [2.75, 3.05) is 30.3 Å². The molecule has 1 saturated heterocycles. The Kier molecular flexibility index (Phi) is 4.48. The van der Waals surface area contributed by atoms with Gasteiger partial charge in [0.15, 0.2) is 0 Å². The average Bonchev–Trinajstić information content (AvgIpc) is 3.28. The van der Waals surface area contributed by atoms with Crippen LogP contribution in [0.3, 0.4) is 0 Å². The molecule has 138 valence electrons. The molecule has 2 aliphatic rings. The van der Waals surface area contributed by atoms with E-state index in [-0.39, 0.29) is 37.8 Å². The number of carbonyl (C=O) groups is 1. The number of alkyl halides is 2. The van der Waals surface area contributed by atoms with Gasteiger partial charge in [-0.3, -0.25) is 4.79 Å². The molecular weight excluding hydrogens is 334 g/mol. The molecule has 1 aliphatic heterocycles. The molecule has 0 spiro atoms. The third-order valence-corrected chi connectivity index (χ3v) is 4.75. The van der Waals surface area contributed by atoms with Crippen molar-refractivity contribution < 1.29 is 18.7 Å². The van der Waals surface area contributed by atoms with Crippen molar-refractivity contribution in [2.24, 2.45) is 5.92 Å². The van der Waals surface area contributed by atoms with Gasteiger partial charge < -0.3 is 21.1 Å². The van der Waals surface area contributed by atoms with Crippen LogP contribution in [-0.2, 0) is 4.79 Å². The van der Waals surface area contributed by atoms with E-state index in [1.54, 1.807) is 11.8 Å². The van der Waals surface area contributed by atoms with Crippen LogP contribution >= 0.6 is 0 Å². The highest BCUT2D eigenvalue weighted by Crippen LogP contribution is 2.37. The summed E-state index contributed by atoms with van der Waals surface area (Å²) in [5, 5.41) is 12.2. The Morgan fingerprint density at radius 3 is 2.68 bits per heavy atom. The van der Waals surface area contributed by atoms with Crippen molar-refractivity contribution in [3.8, 4) is 0 Å². The van der Waals surface area contributed by atoms with Gasteiger partial charge in [-0.25, -0.2) is 8.78 Å². The third-order valence-electron chi connectivity index (χ3n) is 4.75. The minimum atomic E-state index is -2.93. The van der Waals surface area contributed by atoms with E-state index in [4.69, 9.17) is 5.73 Å². The second kappa shape index (κ2) is 6.32. The number of aliphatic hydroxyl groups is 1. The zero-order valence-corrected chi connectivity index (χ0v) is 14.0. The zero-order valence-electron chi connectivity index (χ0n) is 14.0. The molecule has 1 aliphatic carbocycles. The monoisotopic (exact) mass is 356 g/mol. The lowest BCUT2D eigenvalue weighted by Gasteiger charge is -2.24. The number of aryl methyl sites for hydroxylation is 1. The largest absolute Gasteiger partial charge is 0.380 e. The van der Waals surface area contributed by atoms with Gasteiger partial charge in [0.25, 0.3) is 11.8 Å². The Morgan fingerprint density at radius 2 is 2.04 bits per heavy atom. The van der Waals surface area contributed by atoms with Gasteiger partial charge in [0, 0.05) is 32.0 Å². The molecule has 2 heterocycles. The van der Waals surface area contributed by atoms with Gasteiger partial charge in [0.05, 0.1) is 0 Å². The van der Waals surface area contributed by atoms with Crippen LogP contribution in [0.25, 0.3) is 0 Å². The first-order valence-electron chi connectivity index (χ1n) is 8.31. The molecular formula is C15H22F2N6O2. The van der Waals surface area contributed by atoms with Crippen LogP contribution in [0.15, 0.2) is 0 Å². The standard InChI is InChI=1S/C15H22F2N6O2/c1-9-20-12(18)22-13(21-9)23-6-2-10(15(16,17)5-7-23)8-19-11(24)14(25)3-4-14/h10,25H,2-8H2,1H3,(H,19,24)(H2,18,20,21,22). The van der Waals surface area contributed by atoms with Crippen molar-refractivity contribution in [1.29, 1.82) is 0 Å². The average molecular weight is 356 g/mol. The quantitative estimate of drug-likeness (QED) is 0.708. The van der Waals surface area contributed by atoms with Gasteiger partial charge in [-0.05, 0) is 26.2 Å². The van der Waals surface area contributed by atoms with E-state index in [0.29, 0.717) is 25.2 Å². The van der Waals surface area contributed by atoms with Gasteiger partial charge in [-0.1, -0.05) is 0 Å². The number of hydrogen-bond acceptors (Lipinski definition) is 7. The van der Waals surface area contributed by atoms with E-state index in [1.807, 2.05) is 0 Å². The lowest BCUT2D eigenvalue weighted by molar-refractivity contribution is -0.132. The van der Waals surface area contributed by atoms with Crippen molar-refractivity contribution in [3.63, 3.8) is 0 Å². The molecule has 1 unspecified atom stereocenters. The highest BCUT2D eigenvalue weighted by molar-refractivity contribution is 5.87. The van der Waals surface area contributed by atoms with Crippen LogP contribution in [0.2, 0.25) is 0 Å². The summed E-state index contributed by atoms with van der Waals surface area (Å²) in [6.45, 7) is 1.91. The first kappa shape index (κ1) is 17.7. The lowest BCUT2D eigenvalue weighted by Crippen LogP contribution is -2.43. The Morgan fingerprint density at radius 1 is 1.32 bits per heavy atom. The number of nitrogens with two attached hydrogens (primary N) is 1. The van der Waals surface area contributed by atoms with E-state index >= 15 is 0 Å². The summed E-state index contributed by atoms with van der Waals surface area (Å²) < 4.78 is 28.8. The third kappa shape index (κ3) is 3.94. The first-order valence-corrected chi connectivity index (χ1v) is 8.31. The molecule has 8 nitrogen and oxygen atoms in total. The number of anilines is 2. The Bertz CT molecular complexity index is 647. The minimum absolute atomic E-state index is 0.0556. The first-order chi connectivity index (χ1) is 11.7. The fourth-order valence-electron chi connectivity index (χ4n) is 2.93. The number of rotatable bonds is 4. The highest BCUT2D eigenvalue weighted by atomic mass is 19.3. The van der Waals surface area contributed by atoms with E-state index in [1.165, 1.54) is 0 Å². The molecule has 3 rings (SSSR count). The molecule has 1 amide bonds. The number of nitrogen functional groups attached to an aromatic ring is 1. The van der Waals surface area contributed by atoms with Crippen LogP contribution in [0.1, 0.15) is 31.5 Å². The van der Waals surface area contributed by atoms with Gasteiger partial charge in [0.1, 0.15) is 11.4 Å². The molecule has 10 heteroatoms. The van der Waals surface area contributed by atoms with Gasteiger partial charge in [-0.2, -0.15) is 15.0 Å². The van der Waals surface area contributed by atoms with E-state index < -0.39 is 23.3 Å². The van der Waals surface area contributed by atoms with Crippen molar-refractivity contribution >= 4 is 17.8 Å². The molecule has 1 aromatic rings. The van der Waals surface area contributed by atoms with Crippen molar-refractivity contribution in [3.05, 3.63) is 5.82 Å². The molecule has 0 bridgehead atoms. The maximum absolute atomic E-state index is 14.4. The van der Waals surface area contributed by atoms with Crippen molar-refractivity contribution in [2.45, 2.75) is 44.1 Å². The number of carbonyl (C=O) groups excluding carboxylic acids is 1. The Balaban J connectivity index is 1.65. The molecule has 4 N–H and O–H groups in total. The van der Waals surface area contributed by atoms with Crippen LogP contribution in [0.4, 0.5) is 20.7 Å². The van der Waals surface area contributed by atoms with Crippen LogP contribution in [-0.4, -0.2) is 57.1 Å². The lowest BCUT2D eigenvalue weighted by atomic mass is 9.96. The summed E-state index contributed by atoms with van der Waals surface area (Å²) in [7, 11) is 0. The number of halogens is 2. The molecule has 1 saturated carbocycles. The normalized spacial score (nSPS) is 24.5. The van der Waals surface area contributed by atoms with Crippen LogP contribution in [0.5, 0.6) is 0 Å². The van der Waals surface area contributed by atoms with Crippen LogP contribution in [0, 0.1) is 12.8 Å². The second-order valence-electron chi connectivity index (χ2n) is 6.77. The summed E-state index contributed by atoms with van der Waals surface area (Å²) in [5.74, 6) is -3.73. The summed E-state index contributed by atoms with van der Waals surface area (Å²) in [6, 6.07) is 0. The van der Waals surface area contributed by atoms with Gasteiger partial charge in [0.2, 0.25) is 11.9 Å². The van der Waals surface area contributed by atoms with E-state index in [2.05, 4.69) is 20.3 Å². The number of aromatic nitrogens is 3. The molecule has 25 heavy (non-hydrogen) atoms. The van der Waals surface area contributed by atoms with Gasteiger partial charge >= 0.3 is 0 Å². The number of hydrogen-bond donors (Lipinski definition) is 3. The smallest absolute Gasteiger partial charge is 0.254 e.